The van der Waals surface area contributed by atoms with Gasteiger partial charge in [-0.25, -0.2) is 4.39 Å². The van der Waals surface area contributed by atoms with Crippen LogP contribution < -0.4 is 10.1 Å². The number of hydrogen-bond acceptors (Lipinski definition) is 3. The third-order valence-electron chi connectivity index (χ3n) is 3.74. The summed E-state index contributed by atoms with van der Waals surface area (Å²) in [6, 6.07) is 7.61. The van der Waals surface area contributed by atoms with Crippen molar-refractivity contribution in [1.29, 1.82) is 0 Å². The van der Waals surface area contributed by atoms with E-state index in [9.17, 15) is 4.39 Å². The number of aryl methyl sites for hydroxylation is 1. The molecule has 1 aliphatic rings. The molecule has 0 amide bonds. The maximum Gasteiger partial charge on any atom is 0.141 e. The smallest absolute Gasteiger partial charge is 0.141 e. The maximum atomic E-state index is 13.5. The highest BCUT2D eigenvalue weighted by molar-refractivity contribution is 5.47. The van der Waals surface area contributed by atoms with Crippen LogP contribution in [0.2, 0.25) is 0 Å². The molecule has 1 aliphatic heterocycles. The molecule has 2 heterocycles. The summed E-state index contributed by atoms with van der Waals surface area (Å²) < 4.78 is 19.4. The zero-order valence-electron chi connectivity index (χ0n) is 12.1. The zero-order chi connectivity index (χ0) is 14.7. The fourth-order valence-electron chi connectivity index (χ4n) is 2.84. The molecular weight excluding hydrogens is 267 g/mol. The number of benzene rings is 1. The van der Waals surface area contributed by atoms with Gasteiger partial charge in [-0.2, -0.15) is 0 Å². The van der Waals surface area contributed by atoms with Gasteiger partial charge in [0.05, 0.1) is 18.8 Å². The van der Waals surface area contributed by atoms with E-state index in [2.05, 4.69) is 16.4 Å². The number of para-hydroxylation sites is 1. The Morgan fingerprint density at radius 2 is 2.29 bits per heavy atom. The van der Waals surface area contributed by atoms with Gasteiger partial charge in [0.2, 0.25) is 0 Å². The number of nitrogens with one attached hydrogen (secondary N) is 1. The van der Waals surface area contributed by atoms with Crippen LogP contribution in [-0.4, -0.2) is 18.1 Å². The summed E-state index contributed by atoms with van der Waals surface area (Å²) in [6.45, 7) is 3.56. The van der Waals surface area contributed by atoms with Crippen molar-refractivity contribution in [2.45, 2.75) is 25.8 Å². The molecule has 1 aromatic heterocycles. The van der Waals surface area contributed by atoms with Crippen LogP contribution in [0.4, 0.5) is 4.39 Å². The number of rotatable bonds is 4. The van der Waals surface area contributed by atoms with E-state index in [1.165, 1.54) is 17.8 Å². The molecule has 0 bridgehead atoms. The minimum atomic E-state index is -0.318. The molecule has 0 aliphatic carbocycles. The lowest BCUT2D eigenvalue weighted by atomic mass is 9.94. The Morgan fingerprint density at radius 3 is 3.10 bits per heavy atom. The average Bonchev–Trinajstić information content (AvgIpc) is 2.52. The fraction of sp³-hybridized carbons (Fsp3) is 0.353. The molecule has 0 spiro atoms. The highest BCUT2D eigenvalue weighted by Gasteiger charge is 2.22. The number of ether oxygens (including phenoxy) is 1. The van der Waals surface area contributed by atoms with Gasteiger partial charge in [-0.15, -0.1) is 0 Å². The van der Waals surface area contributed by atoms with Crippen LogP contribution in [-0.2, 0) is 6.42 Å². The van der Waals surface area contributed by atoms with E-state index < -0.39 is 0 Å². The lowest BCUT2D eigenvalue weighted by Gasteiger charge is -2.26. The molecule has 0 fully saturated rings. The average molecular weight is 286 g/mol. The van der Waals surface area contributed by atoms with Crippen LogP contribution in [0.5, 0.6) is 5.75 Å². The van der Waals surface area contributed by atoms with Gasteiger partial charge in [-0.05, 0) is 36.6 Å². The Bertz CT molecular complexity index is 630. The molecule has 0 radical (unpaired) electrons. The van der Waals surface area contributed by atoms with E-state index in [0.29, 0.717) is 0 Å². The molecule has 110 valence electrons. The van der Waals surface area contributed by atoms with E-state index in [0.717, 1.165) is 42.9 Å². The number of hydrogen-bond donors (Lipinski definition) is 1. The Morgan fingerprint density at radius 1 is 1.38 bits per heavy atom. The van der Waals surface area contributed by atoms with Gasteiger partial charge in [-0.1, -0.05) is 25.1 Å². The molecule has 0 saturated heterocycles. The summed E-state index contributed by atoms with van der Waals surface area (Å²) >= 11 is 0. The van der Waals surface area contributed by atoms with Crippen LogP contribution in [0, 0.1) is 5.82 Å². The zero-order valence-corrected chi connectivity index (χ0v) is 12.1. The van der Waals surface area contributed by atoms with Gasteiger partial charge in [0.1, 0.15) is 11.6 Å². The third-order valence-corrected chi connectivity index (χ3v) is 3.74. The van der Waals surface area contributed by atoms with Crippen LogP contribution in [0.1, 0.15) is 36.1 Å². The minimum absolute atomic E-state index is 0.105. The quantitative estimate of drug-likeness (QED) is 0.937. The summed E-state index contributed by atoms with van der Waals surface area (Å²) in [5.41, 5.74) is 3.10. The van der Waals surface area contributed by atoms with Crippen LogP contribution in [0.3, 0.4) is 0 Å². The Labute approximate surface area is 124 Å². The van der Waals surface area contributed by atoms with E-state index in [-0.39, 0.29) is 11.9 Å². The van der Waals surface area contributed by atoms with Gasteiger partial charge in [0, 0.05) is 11.8 Å². The number of fused-ring (bicyclic) bond motifs is 1. The van der Waals surface area contributed by atoms with Gasteiger partial charge < -0.3 is 10.1 Å². The van der Waals surface area contributed by atoms with Crippen molar-refractivity contribution in [2.75, 3.05) is 13.2 Å². The van der Waals surface area contributed by atoms with Gasteiger partial charge in [0.25, 0.3) is 0 Å². The molecule has 3 nitrogen and oxygen atoms in total. The first-order chi connectivity index (χ1) is 10.3. The first-order valence-corrected chi connectivity index (χ1v) is 7.38. The van der Waals surface area contributed by atoms with Gasteiger partial charge in [-0.3, -0.25) is 4.98 Å². The second-order valence-electron chi connectivity index (χ2n) is 5.21. The van der Waals surface area contributed by atoms with Crippen molar-refractivity contribution in [3.8, 4) is 5.75 Å². The lowest BCUT2D eigenvalue weighted by molar-refractivity contribution is 0.283. The standard InChI is InChI=1S/C17H19FN2O/c1-2-20-16(13-9-14(18)11-19-10-13)15-7-3-5-12-6-4-8-21-17(12)15/h3,5,7,9-11,16,20H,2,4,6,8H2,1H3. The molecule has 21 heavy (non-hydrogen) atoms. The number of nitrogens with zero attached hydrogens (tertiary/aromatic N) is 1. The Kier molecular flexibility index (Phi) is 4.15. The summed E-state index contributed by atoms with van der Waals surface area (Å²) in [5.74, 6) is 0.625. The molecule has 4 heteroatoms. The van der Waals surface area contributed by atoms with Crippen LogP contribution in [0.15, 0.2) is 36.7 Å². The van der Waals surface area contributed by atoms with Crippen LogP contribution in [0.25, 0.3) is 0 Å². The van der Waals surface area contributed by atoms with Gasteiger partial charge in [0.15, 0.2) is 0 Å². The third kappa shape index (κ3) is 2.90. The van der Waals surface area contributed by atoms with Crippen LogP contribution >= 0.6 is 0 Å². The Balaban J connectivity index is 2.05. The van der Waals surface area contributed by atoms with E-state index in [4.69, 9.17) is 4.74 Å². The molecule has 2 aromatic rings. The van der Waals surface area contributed by atoms with Gasteiger partial charge >= 0.3 is 0 Å². The predicted molar refractivity (Wildman–Crippen MR) is 80.0 cm³/mol. The molecule has 1 unspecified atom stereocenters. The normalized spacial score (nSPS) is 15.1. The first-order valence-electron chi connectivity index (χ1n) is 7.38. The van der Waals surface area contributed by atoms with Crippen molar-refractivity contribution < 1.29 is 9.13 Å². The predicted octanol–water partition coefficient (Wildman–Crippen LogP) is 3.24. The molecule has 0 saturated carbocycles. The van der Waals surface area contributed by atoms with Crippen molar-refractivity contribution in [3.05, 3.63) is 59.2 Å². The Hall–Kier alpha value is -1.94. The van der Waals surface area contributed by atoms with Crippen molar-refractivity contribution in [3.63, 3.8) is 0 Å². The van der Waals surface area contributed by atoms with E-state index in [1.807, 2.05) is 19.1 Å². The fourth-order valence-corrected chi connectivity index (χ4v) is 2.84. The molecular formula is C17H19FN2O. The highest BCUT2D eigenvalue weighted by atomic mass is 19.1. The molecule has 1 N–H and O–H groups in total. The van der Waals surface area contributed by atoms with Crippen molar-refractivity contribution in [2.24, 2.45) is 0 Å². The summed E-state index contributed by atoms with van der Waals surface area (Å²) in [4.78, 5) is 3.97. The molecule has 1 aromatic carbocycles. The highest BCUT2D eigenvalue weighted by Crippen LogP contribution is 2.35. The maximum absolute atomic E-state index is 13.5. The number of pyridine rings is 1. The molecule has 3 rings (SSSR count). The van der Waals surface area contributed by atoms with E-state index in [1.54, 1.807) is 6.20 Å². The van der Waals surface area contributed by atoms with Crippen molar-refractivity contribution in [1.82, 2.24) is 10.3 Å². The second kappa shape index (κ2) is 6.22. The molecule has 1 atom stereocenters. The SMILES string of the molecule is CCNC(c1cncc(F)c1)c1cccc2c1OCCC2. The lowest BCUT2D eigenvalue weighted by Crippen LogP contribution is -2.24. The first kappa shape index (κ1) is 14.0. The summed E-state index contributed by atoms with van der Waals surface area (Å²) in [7, 11) is 0. The minimum Gasteiger partial charge on any atom is -0.493 e. The number of aromatic nitrogens is 1. The van der Waals surface area contributed by atoms with E-state index >= 15 is 0 Å². The summed E-state index contributed by atoms with van der Waals surface area (Å²) in [5, 5.41) is 3.41. The number of halogens is 1. The monoisotopic (exact) mass is 286 g/mol. The summed E-state index contributed by atoms with van der Waals surface area (Å²) in [6.07, 6.45) is 5.01. The largest absolute Gasteiger partial charge is 0.493 e. The topological polar surface area (TPSA) is 34.2 Å². The van der Waals surface area contributed by atoms with Crippen molar-refractivity contribution >= 4 is 0 Å². The second-order valence-corrected chi connectivity index (χ2v) is 5.21.